The second-order valence-corrected chi connectivity index (χ2v) is 4.76. The van der Waals surface area contributed by atoms with Gasteiger partial charge in [0.1, 0.15) is 5.54 Å². The molecule has 19 heavy (non-hydrogen) atoms. The van der Waals surface area contributed by atoms with E-state index in [1.54, 1.807) is 6.07 Å². The average molecular weight is 259 g/mol. The Balaban J connectivity index is 2.21. The lowest BCUT2D eigenvalue weighted by molar-refractivity contribution is 0.0601. The summed E-state index contributed by atoms with van der Waals surface area (Å²) in [4.78, 5) is 13.8. The Morgan fingerprint density at radius 2 is 2.05 bits per heavy atom. The SMILES string of the molecule is COC(=O)c1ccccc1N1CCC(N)(C#N)CC1. The first kappa shape index (κ1) is 13.4. The van der Waals surface area contributed by atoms with Gasteiger partial charge in [-0.15, -0.1) is 0 Å². The molecule has 1 saturated heterocycles. The van der Waals surface area contributed by atoms with Gasteiger partial charge in [-0.05, 0) is 25.0 Å². The van der Waals surface area contributed by atoms with Crippen LogP contribution in [-0.2, 0) is 4.74 Å². The van der Waals surface area contributed by atoms with E-state index in [1.165, 1.54) is 7.11 Å². The Hall–Kier alpha value is -2.06. The van der Waals surface area contributed by atoms with Crippen LogP contribution < -0.4 is 10.6 Å². The van der Waals surface area contributed by atoms with Crippen molar-refractivity contribution in [2.75, 3.05) is 25.1 Å². The molecule has 1 heterocycles. The molecule has 0 radical (unpaired) electrons. The van der Waals surface area contributed by atoms with Crippen molar-refractivity contribution in [3.8, 4) is 6.07 Å². The summed E-state index contributed by atoms with van der Waals surface area (Å²) in [6.07, 6.45) is 1.19. The molecule has 0 aromatic heterocycles. The lowest BCUT2D eigenvalue weighted by atomic mass is 9.90. The van der Waals surface area contributed by atoms with Crippen LogP contribution in [0.15, 0.2) is 24.3 Å². The minimum absolute atomic E-state index is 0.347. The molecule has 0 saturated carbocycles. The van der Waals surface area contributed by atoms with E-state index in [0.29, 0.717) is 31.5 Å². The van der Waals surface area contributed by atoms with Crippen LogP contribution in [0.3, 0.4) is 0 Å². The van der Waals surface area contributed by atoms with Gasteiger partial charge >= 0.3 is 5.97 Å². The van der Waals surface area contributed by atoms with Gasteiger partial charge in [-0.1, -0.05) is 12.1 Å². The van der Waals surface area contributed by atoms with Gasteiger partial charge < -0.3 is 15.4 Å². The van der Waals surface area contributed by atoms with Gasteiger partial charge in [0, 0.05) is 13.1 Å². The molecule has 5 nitrogen and oxygen atoms in total. The second kappa shape index (κ2) is 5.29. The molecule has 0 amide bonds. The number of esters is 1. The molecule has 1 aliphatic heterocycles. The van der Waals surface area contributed by atoms with Crippen LogP contribution in [0.4, 0.5) is 5.69 Å². The number of benzene rings is 1. The van der Waals surface area contributed by atoms with E-state index in [1.807, 2.05) is 18.2 Å². The van der Waals surface area contributed by atoms with Crippen molar-refractivity contribution in [2.45, 2.75) is 18.4 Å². The zero-order valence-corrected chi connectivity index (χ0v) is 10.9. The van der Waals surface area contributed by atoms with Gasteiger partial charge in [0.05, 0.1) is 24.4 Å². The molecule has 1 aromatic carbocycles. The highest BCUT2D eigenvalue weighted by molar-refractivity contribution is 5.95. The van der Waals surface area contributed by atoms with Gasteiger partial charge in [-0.3, -0.25) is 0 Å². The lowest BCUT2D eigenvalue weighted by Gasteiger charge is -2.36. The van der Waals surface area contributed by atoms with Crippen LogP contribution in [0.25, 0.3) is 0 Å². The van der Waals surface area contributed by atoms with Crippen molar-refractivity contribution in [3.05, 3.63) is 29.8 Å². The van der Waals surface area contributed by atoms with E-state index in [9.17, 15) is 4.79 Å². The van der Waals surface area contributed by atoms with Gasteiger partial charge in [0.15, 0.2) is 0 Å². The number of methoxy groups -OCH3 is 1. The molecule has 0 spiro atoms. The zero-order valence-electron chi connectivity index (χ0n) is 10.9. The summed E-state index contributed by atoms with van der Waals surface area (Å²) in [6.45, 7) is 1.33. The molecule has 1 fully saturated rings. The summed E-state index contributed by atoms with van der Waals surface area (Å²) >= 11 is 0. The maximum Gasteiger partial charge on any atom is 0.339 e. The molecule has 100 valence electrons. The number of rotatable bonds is 2. The Morgan fingerprint density at radius 1 is 1.42 bits per heavy atom. The van der Waals surface area contributed by atoms with Gasteiger partial charge in [-0.25, -0.2) is 4.79 Å². The number of nitriles is 1. The van der Waals surface area contributed by atoms with Crippen LogP contribution >= 0.6 is 0 Å². The number of nitrogens with zero attached hydrogens (tertiary/aromatic N) is 2. The van der Waals surface area contributed by atoms with E-state index in [4.69, 9.17) is 15.7 Å². The third-order valence-electron chi connectivity index (χ3n) is 3.53. The first-order valence-electron chi connectivity index (χ1n) is 6.22. The van der Waals surface area contributed by atoms with Gasteiger partial charge in [0.25, 0.3) is 0 Å². The van der Waals surface area contributed by atoms with E-state index in [2.05, 4.69) is 11.0 Å². The number of hydrogen-bond donors (Lipinski definition) is 1. The maximum absolute atomic E-state index is 11.7. The fraction of sp³-hybridized carbons (Fsp3) is 0.429. The van der Waals surface area contributed by atoms with Crippen LogP contribution in [0, 0.1) is 11.3 Å². The standard InChI is InChI=1S/C14H17N3O2/c1-19-13(18)11-4-2-3-5-12(11)17-8-6-14(16,10-15)7-9-17/h2-5H,6-9,16H2,1H3. The Morgan fingerprint density at radius 3 is 2.63 bits per heavy atom. The largest absolute Gasteiger partial charge is 0.465 e. The molecular weight excluding hydrogens is 242 g/mol. The summed E-state index contributed by atoms with van der Waals surface area (Å²) in [7, 11) is 1.37. The summed E-state index contributed by atoms with van der Waals surface area (Å²) in [5.41, 5.74) is 6.59. The van der Waals surface area contributed by atoms with Crippen LogP contribution in [0.2, 0.25) is 0 Å². The molecule has 1 aliphatic rings. The minimum Gasteiger partial charge on any atom is -0.465 e. The molecule has 2 rings (SSSR count). The molecule has 2 N–H and O–H groups in total. The molecule has 1 aromatic rings. The summed E-state index contributed by atoms with van der Waals surface area (Å²) in [5.74, 6) is -0.347. The predicted octanol–water partition coefficient (Wildman–Crippen LogP) is 1.29. The number of anilines is 1. The molecule has 0 aliphatic carbocycles. The van der Waals surface area contributed by atoms with Crippen LogP contribution in [0.1, 0.15) is 23.2 Å². The maximum atomic E-state index is 11.7. The summed E-state index contributed by atoms with van der Waals surface area (Å²) < 4.78 is 4.79. The highest BCUT2D eigenvalue weighted by Gasteiger charge is 2.31. The van der Waals surface area contributed by atoms with Crippen LogP contribution in [-0.4, -0.2) is 31.7 Å². The van der Waals surface area contributed by atoms with Crippen molar-refractivity contribution in [2.24, 2.45) is 5.73 Å². The molecule has 5 heteroatoms. The number of carbonyl (C=O) groups excluding carboxylic acids is 1. The summed E-state index contributed by atoms with van der Waals surface area (Å²) in [5, 5.41) is 9.02. The van der Waals surface area contributed by atoms with Crippen LogP contribution in [0.5, 0.6) is 0 Å². The quantitative estimate of drug-likeness (QED) is 0.810. The Bertz CT molecular complexity index is 514. The third kappa shape index (κ3) is 2.69. The highest BCUT2D eigenvalue weighted by Crippen LogP contribution is 2.27. The topological polar surface area (TPSA) is 79.3 Å². The number of piperidine rings is 1. The fourth-order valence-corrected chi connectivity index (χ4v) is 2.29. The first-order valence-corrected chi connectivity index (χ1v) is 6.22. The van der Waals surface area contributed by atoms with Gasteiger partial charge in [0.2, 0.25) is 0 Å². The fourth-order valence-electron chi connectivity index (χ4n) is 2.29. The zero-order chi connectivity index (χ0) is 13.9. The predicted molar refractivity (Wildman–Crippen MR) is 71.8 cm³/mol. The van der Waals surface area contributed by atoms with E-state index in [-0.39, 0.29) is 5.97 Å². The smallest absolute Gasteiger partial charge is 0.339 e. The van der Waals surface area contributed by atoms with E-state index >= 15 is 0 Å². The Labute approximate surface area is 112 Å². The van der Waals surface area contributed by atoms with Crippen molar-refractivity contribution < 1.29 is 9.53 Å². The van der Waals surface area contributed by atoms with Crippen molar-refractivity contribution in [1.82, 2.24) is 0 Å². The van der Waals surface area contributed by atoms with Crippen molar-refractivity contribution in [1.29, 1.82) is 5.26 Å². The number of ether oxygens (including phenoxy) is 1. The number of carbonyl (C=O) groups is 1. The molecule has 0 bridgehead atoms. The normalized spacial score (nSPS) is 17.6. The third-order valence-corrected chi connectivity index (χ3v) is 3.53. The second-order valence-electron chi connectivity index (χ2n) is 4.76. The van der Waals surface area contributed by atoms with Gasteiger partial charge in [-0.2, -0.15) is 5.26 Å². The monoisotopic (exact) mass is 259 g/mol. The average Bonchev–Trinajstić information content (AvgIpc) is 2.47. The van der Waals surface area contributed by atoms with Crippen molar-refractivity contribution in [3.63, 3.8) is 0 Å². The minimum atomic E-state index is -0.739. The molecule has 0 atom stereocenters. The highest BCUT2D eigenvalue weighted by atomic mass is 16.5. The summed E-state index contributed by atoms with van der Waals surface area (Å²) in [6, 6.07) is 9.49. The lowest BCUT2D eigenvalue weighted by Crippen LogP contribution is -2.49. The number of nitrogens with two attached hydrogens (primary N) is 1. The van der Waals surface area contributed by atoms with Crippen molar-refractivity contribution >= 4 is 11.7 Å². The Kier molecular flexibility index (Phi) is 3.72. The molecular formula is C14H17N3O2. The van der Waals surface area contributed by atoms with E-state index in [0.717, 1.165) is 5.69 Å². The first-order chi connectivity index (χ1) is 9.09. The number of para-hydroxylation sites is 1. The molecule has 0 unspecified atom stereocenters. The number of hydrogen-bond acceptors (Lipinski definition) is 5. The van der Waals surface area contributed by atoms with E-state index < -0.39 is 5.54 Å².